The second kappa shape index (κ2) is 9.49. The summed E-state index contributed by atoms with van der Waals surface area (Å²) in [6.45, 7) is 0.0541. The van der Waals surface area contributed by atoms with Crippen LogP contribution < -0.4 is 30.8 Å². The average molecular weight is 594 g/mol. The van der Waals surface area contributed by atoms with E-state index in [9.17, 15) is 0 Å². The van der Waals surface area contributed by atoms with E-state index in [-0.39, 0.29) is 6.71 Å². The van der Waals surface area contributed by atoms with Gasteiger partial charge >= 0.3 is 0 Å². The molecule has 7 aromatic carbocycles. The number of hydrogen-bond acceptors (Lipinski definition) is 4. The second-order valence-corrected chi connectivity index (χ2v) is 12.7. The highest BCUT2D eigenvalue weighted by atomic mass is 32.1. The summed E-state index contributed by atoms with van der Waals surface area (Å²) < 4.78 is 15.5. The molecule has 0 bridgehead atoms. The van der Waals surface area contributed by atoms with Gasteiger partial charge in [0.1, 0.15) is 23.0 Å². The maximum absolute atomic E-state index is 6.67. The van der Waals surface area contributed by atoms with Crippen molar-refractivity contribution in [3.8, 4) is 23.0 Å². The van der Waals surface area contributed by atoms with Crippen molar-refractivity contribution in [2.24, 2.45) is 0 Å². The number of rotatable bonds is 3. The standard InChI is InChI=1S/C40H24BNO2S/c1-3-12-25(13-4-1)42(26-14-5-2-6-15-26)32-24-38-39(28-17-8-7-16-27(28)32)29-22-36-31(23-37(29)45-38)41-30-18-9-10-19-33(30)43-34-20-11-21-35(44-36)40(34)41/h1-24H. The monoisotopic (exact) mass is 593 g/mol. The van der Waals surface area contributed by atoms with Crippen molar-refractivity contribution >= 4 is 82.4 Å². The molecular weight excluding hydrogens is 569 g/mol. The highest BCUT2D eigenvalue weighted by Gasteiger charge is 2.40. The normalized spacial score (nSPS) is 12.8. The van der Waals surface area contributed by atoms with Gasteiger partial charge in [0.2, 0.25) is 0 Å². The molecule has 2 aliphatic rings. The summed E-state index contributed by atoms with van der Waals surface area (Å²) in [6.07, 6.45) is 0. The van der Waals surface area contributed by atoms with E-state index in [1.54, 1.807) is 0 Å². The van der Waals surface area contributed by atoms with Gasteiger partial charge in [0.25, 0.3) is 6.71 Å². The Morgan fingerprint density at radius 1 is 0.467 bits per heavy atom. The van der Waals surface area contributed by atoms with E-state index in [0.717, 1.165) is 39.8 Å². The summed E-state index contributed by atoms with van der Waals surface area (Å²) in [7, 11) is 0. The molecule has 5 heteroatoms. The van der Waals surface area contributed by atoms with E-state index >= 15 is 0 Å². The van der Waals surface area contributed by atoms with Crippen molar-refractivity contribution in [2.75, 3.05) is 4.90 Å². The van der Waals surface area contributed by atoms with Crippen molar-refractivity contribution in [1.29, 1.82) is 0 Å². The molecule has 0 radical (unpaired) electrons. The Kier molecular flexibility index (Phi) is 5.25. The van der Waals surface area contributed by atoms with Crippen LogP contribution in [0.3, 0.4) is 0 Å². The van der Waals surface area contributed by atoms with Crippen molar-refractivity contribution in [1.82, 2.24) is 0 Å². The van der Waals surface area contributed by atoms with Gasteiger partial charge in [-0.15, -0.1) is 11.3 Å². The van der Waals surface area contributed by atoms with Crippen molar-refractivity contribution in [3.05, 3.63) is 146 Å². The molecule has 2 aliphatic heterocycles. The summed E-state index contributed by atoms with van der Waals surface area (Å²) in [5.41, 5.74) is 6.90. The Morgan fingerprint density at radius 3 is 1.84 bits per heavy atom. The summed E-state index contributed by atoms with van der Waals surface area (Å²) >= 11 is 1.86. The number of fused-ring (bicyclic) bond motifs is 9. The maximum atomic E-state index is 6.67. The Morgan fingerprint density at radius 2 is 1.09 bits per heavy atom. The fraction of sp³-hybridized carbons (Fsp3) is 0. The van der Waals surface area contributed by atoms with Gasteiger partial charge < -0.3 is 14.4 Å². The van der Waals surface area contributed by atoms with Crippen LogP contribution in [0, 0.1) is 0 Å². The van der Waals surface area contributed by atoms with Crippen LogP contribution in [0.1, 0.15) is 0 Å². The van der Waals surface area contributed by atoms with E-state index in [0.29, 0.717) is 0 Å². The number of benzene rings is 7. The molecule has 0 saturated heterocycles. The van der Waals surface area contributed by atoms with Crippen LogP contribution in [0.2, 0.25) is 0 Å². The quantitative estimate of drug-likeness (QED) is 0.191. The molecule has 0 atom stereocenters. The topological polar surface area (TPSA) is 21.7 Å². The summed E-state index contributed by atoms with van der Waals surface area (Å²) in [6, 6.07) is 51.6. The van der Waals surface area contributed by atoms with Crippen molar-refractivity contribution in [3.63, 3.8) is 0 Å². The SMILES string of the molecule is c1ccc(N(c2ccccc2)c2cc3sc4cc5c(cc4c3c3ccccc23)Oc2cccc3c2B5c2ccccc2O3)cc1. The second-order valence-electron chi connectivity index (χ2n) is 11.7. The predicted molar refractivity (Wildman–Crippen MR) is 189 cm³/mol. The molecule has 10 rings (SSSR count). The largest absolute Gasteiger partial charge is 0.458 e. The van der Waals surface area contributed by atoms with E-state index in [1.807, 2.05) is 29.5 Å². The van der Waals surface area contributed by atoms with Gasteiger partial charge in [-0.2, -0.15) is 0 Å². The fourth-order valence-corrected chi connectivity index (χ4v) is 8.44. The molecule has 0 spiro atoms. The third-order valence-electron chi connectivity index (χ3n) is 9.15. The van der Waals surface area contributed by atoms with Gasteiger partial charge in [0.15, 0.2) is 0 Å². The van der Waals surface area contributed by atoms with Gasteiger partial charge in [-0.25, -0.2) is 0 Å². The lowest BCUT2D eigenvalue weighted by Gasteiger charge is -2.32. The average Bonchev–Trinajstić information content (AvgIpc) is 3.45. The van der Waals surface area contributed by atoms with Crippen LogP contribution in [0.15, 0.2) is 146 Å². The molecule has 0 N–H and O–H groups in total. The zero-order chi connectivity index (χ0) is 29.5. The van der Waals surface area contributed by atoms with Crippen LogP contribution in [-0.4, -0.2) is 6.71 Å². The molecule has 8 aromatic rings. The Hall–Kier alpha value is -5.52. The van der Waals surface area contributed by atoms with E-state index in [4.69, 9.17) is 9.47 Å². The number of ether oxygens (including phenoxy) is 2. The van der Waals surface area contributed by atoms with E-state index < -0.39 is 0 Å². The minimum absolute atomic E-state index is 0.0541. The lowest BCUT2D eigenvalue weighted by Crippen LogP contribution is -2.57. The van der Waals surface area contributed by atoms with Crippen LogP contribution in [-0.2, 0) is 0 Å². The van der Waals surface area contributed by atoms with Crippen LogP contribution in [0.25, 0.3) is 30.9 Å². The number of nitrogens with zero attached hydrogens (tertiary/aromatic N) is 1. The zero-order valence-corrected chi connectivity index (χ0v) is 24.9. The summed E-state index contributed by atoms with van der Waals surface area (Å²) in [5, 5.41) is 4.95. The first-order valence-corrected chi connectivity index (χ1v) is 16.0. The van der Waals surface area contributed by atoms with Crippen LogP contribution in [0.5, 0.6) is 23.0 Å². The maximum Gasteiger partial charge on any atom is 0.260 e. The minimum atomic E-state index is 0.0541. The van der Waals surface area contributed by atoms with E-state index in [2.05, 4.69) is 132 Å². The highest BCUT2D eigenvalue weighted by Crippen LogP contribution is 2.47. The number of thiophene rings is 1. The van der Waals surface area contributed by atoms with Crippen LogP contribution in [0.4, 0.5) is 17.1 Å². The molecule has 210 valence electrons. The van der Waals surface area contributed by atoms with Gasteiger partial charge in [0, 0.05) is 42.4 Å². The minimum Gasteiger partial charge on any atom is -0.458 e. The molecule has 45 heavy (non-hydrogen) atoms. The smallest absolute Gasteiger partial charge is 0.260 e. The third-order valence-corrected chi connectivity index (χ3v) is 10.3. The molecule has 3 heterocycles. The lowest BCUT2D eigenvalue weighted by atomic mass is 9.35. The zero-order valence-electron chi connectivity index (χ0n) is 24.1. The molecular formula is C40H24BNO2S. The molecule has 0 fully saturated rings. The van der Waals surface area contributed by atoms with Gasteiger partial charge in [-0.3, -0.25) is 0 Å². The van der Waals surface area contributed by atoms with Crippen molar-refractivity contribution < 1.29 is 9.47 Å². The number of anilines is 3. The Labute approximate surface area is 264 Å². The third kappa shape index (κ3) is 3.65. The molecule has 1 aromatic heterocycles. The van der Waals surface area contributed by atoms with Gasteiger partial charge in [-0.1, -0.05) is 84.9 Å². The molecule has 0 aliphatic carbocycles. The van der Waals surface area contributed by atoms with Gasteiger partial charge in [-0.05, 0) is 77.0 Å². The highest BCUT2D eigenvalue weighted by molar-refractivity contribution is 7.26. The van der Waals surface area contributed by atoms with Gasteiger partial charge in [0.05, 0.1) is 5.69 Å². The fourth-order valence-electron chi connectivity index (χ4n) is 7.26. The molecule has 0 amide bonds. The first-order chi connectivity index (χ1) is 22.3. The Balaban J connectivity index is 1.25. The van der Waals surface area contributed by atoms with Crippen LogP contribution >= 0.6 is 11.3 Å². The molecule has 0 unspecified atom stereocenters. The summed E-state index contributed by atoms with van der Waals surface area (Å²) in [5.74, 6) is 3.56. The molecule has 0 saturated carbocycles. The number of para-hydroxylation sites is 3. The van der Waals surface area contributed by atoms with E-state index in [1.165, 1.54) is 47.6 Å². The predicted octanol–water partition coefficient (Wildman–Crippen LogP) is 9.41. The summed E-state index contributed by atoms with van der Waals surface area (Å²) in [4.78, 5) is 2.37. The lowest BCUT2D eigenvalue weighted by molar-refractivity contribution is 0.465. The first kappa shape index (κ1) is 24.9. The number of hydrogen-bond donors (Lipinski definition) is 0. The first-order valence-electron chi connectivity index (χ1n) is 15.2. The Bertz CT molecular complexity index is 2420. The molecule has 3 nitrogen and oxygen atoms in total. The van der Waals surface area contributed by atoms with Crippen molar-refractivity contribution in [2.45, 2.75) is 0 Å².